The van der Waals surface area contributed by atoms with E-state index < -0.39 is 0 Å². The molecule has 150 valence electrons. The minimum absolute atomic E-state index is 0.134. The molecular formula is C24H26FN3O. The molecule has 0 bridgehead atoms. The molecule has 0 aliphatic carbocycles. The second-order valence-electron chi connectivity index (χ2n) is 8.69. The lowest BCUT2D eigenvalue weighted by Gasteiger charge is -2.28. The number of hydrogen-bond acceptors (Lipinski definition) is 4. The Morgan fingerprint density at radius 1 is 1.07 bits per heavy atom. The Morgan fingerprint density at radius 2 is 1.90 bits per heavy atom. The standard InChI is InChI=1S/C24H26FN3O/c1-24(2,3)15-28-16-27(4)23-20(28)12-11-19(22(23)25)17-8-7-9-18(14-17)29-21-10-5-6-13-26-21/h5-14H,15-16H2,1-4H3. The lowest BCUT2D eigenvalue weighted by molar-refractivity contribution is 0.413. The Labute approximate surface area is 171 Å². The molecule has 0 amide bonds. The summed E-state index contributed by atoms with van der Waals surface area (Å²) in [6.07, 6.45) is 1.68. The van der Waals surface area contributed by atoms with Gasteiger partial charge in [-0.3, -0.25) is 0 Å². The lowest BCUT2D eigenvalue weighted by Crippen LogP contribution is -2.35. The van der Waals surface area contributed by atoms with Gasteiger partial charge in [-0.2, -0.15) is 0 Å². The van der Waals surface area contributed by atoms with Gasteiger partial charge in [0.1, 0.15) is 5.75 Å². The highest BCUT2D eigenvalue weighted by atomic mass is 19.1. The molecule has 0 N–H and O–H groups in total. The maximum atomic E-state index is 15.6. The molecule has 4 rings (SSSR count). The SMILES string of the molecule is CN1CN(CC(C)(C)C)c2ccc(-c3cccc(Oc4ccccn4)c3)c(F)c21. The molecule has 1 aromatic heterocycles. The molecular weight excluding hydrogens is 365 g/mol. The van der Waals surface area contributed by atoms with Crippen molar-refractivity contribution >= 4 is 11.4 Å². The number of ether oxygens (including phenoxy) is 1. The molecule has 0 radical (unpaired) electrons. The zero-order valence-electron chi connectivity index (χ0n) is 17.3. The molecule has 3 aromatic rings. The van der Waals surface area contributed by atoms with Crippen molar-refractivity contribution in [1.82, 2.24) is 4.98 Å². The van der Waals surface area contributed by atoms with Crippen molar-refractivity contribution in [3.63, 3.8) is 0 Å². The van der Waals surface area contributed by atoms with Crippen LogP contribution >= 0.6 is 0 Å². The van der Waals surface area contributed by atoms with Gasteiger partial charge in [0.15, 0.2) is 5.82 Å². The number of fused-ring (bicyclic) bond motifs is 1. The monoisotopic (exact) mass is 391 g/mol. The first kappa shape index (κ1) is 19.2. The van der Waals surface area contributed by atoms with E-state index >= 15 is 4.39 Å². The molecule has 0 saturated heterocycles. The van der Waals surface area contributed by atoms with E-state index in [2.05, 4.69) is 30.7 Å². The maximum Gasteiger partial charge on any atom is 0.219 e. The zero-order valence-corrected chi connectivity index (χ0v) is 17.3. The second-order valence-corrected chi connectivity index (χ2v) is 8.69. The van der Waals surface area contributed by atoms with Gasteiger partial charge in [-0.25, -0.2) is 9.37 Å². The van der Waals surface area contributed by atoms with Crippen molar-refractivity contribution in [2.75, 3.05) is 30.1 Å². The van der Waals surface area contributed by atoms with Crippen LogP contribution < -0.4 is 14.5 Å². The molecule has 1 aliphatic rings. The van der Waals surface area contributed by atoms with Crippen LogP contribution in [-0.2, 0) is 0 Å². The van der Waals surface area contributed by atoms with Gasteiger partial charge in [-0.05, 0) is 41.3 Å². The molecule has 1 aliphatic heterocycles. The van der Waals surface area contributed by atoms with Crippen LogP contribution in [0.5, 0.6) is 11.6 Å². The highest BCUT2D eigenvalue weighted by Gasteiger charge is 2.30. The van der Waals surface area contributed by atoms with E-state index in [4.69, 9.17) is 4.74 Å². The van der Waals surface area contributed by atoms with Crippen molar-refractivity contribution in [1.29, 1.82) is 0 Å². The Bertz CT molecular complexity index is 1010. The zero-order chi connectivity index (χ0) is 20.6. The number of nitrogens with zero attached hydrogens (tertiary/aromatic N) is 3. The Balaban J connectivity index is 1.67. The topological polar surface area (TPSA) is 28.6 Å². The molecule has 2 heterocycles. The fourth-order valence-corrected chi connectivity index (χ4v) is 3.76. The smallest absolute Gasteiger partial charge is 0.219 e. The molecule has 0 spiro atoms. The Morgan fingerprint density at radius 3 is 2.62 bits per heavy atom. The fraction of sp³-hybridized carbons (Fsp3) is 0.292. The number of anilines is 2. The fourth-order valence-electron chi connectivity index (χ4n) is 3.76. The first-order chi connectivity index (χ1) is 13.8. The van der Waals surface area contributed by atoms with E-state index in [-0.39, 0.29) is 11.2 Å². The van der Waals surface area contributed by atoms with E-state index in [0.29, 0.717) is 29.5 Å². The summed E-state index contributed by atoms with van der Waals surface area (Å²) in [5.41, 5.74) is 3.09. The van der Waals surface area contributed by atoms with Crippen LogP contribution in [0.1, 0.15) is 20.8 Å². The summed E-state index contributed by atoms with van der Waals surface area (Å²) in [7, 11) is 1.94. The number of aromatic nitrogens is 1. The van der Waals surface area contributed by atoms with E-state index in [9.17, 15) is 0 Å². The second kappa shape index (κ2) is 7.39. The Kier molecular flexibility index (Phi) is 4.91. The molecule has 29 heavy (non-hydrogen) atoms. The molecule has 5 heteroatoms. The van der Waals surface area contributed by atoms with Crippen molar-refractivity contribution in [3.8, 4) is 22.8 Å². The molecule has 2 aromatic carbocycles. The molecule has 0 saturated carbocycles. The van der Waals surface area contributed by atoms with Crippen LogP contribution in [0.15, 0.2) is 60.8 Å². The maximum absolute atomic E-state index is 15.6. The molecule has 0 unspecified atom stereocenters. The largest absolute Gasteiger partial charge is 0.439 e. The highest BCUT2D eigenvalue weighted by Crippen LogP contribution is 2.42. The van der Waals surface area contributed by atoms with Crippen LogP contribution in [0.25, 0.3) is 11.1 Å². The van der Waals surface area contributed by atoms with E-state index in [0.717, 1.165) is 17.8 Å². The molecule has 4 nitrogen and oxygen atoms in total. The summed E-state index contributed by atoms with van der Waals surface area (Å²) in [5, 5.41) is 0. The summed E-state index contributed by atoms with van der Waals surface area (Å²) >= 11 is 0. The number of pyridine rings is 1. The third-order valence-corrected chi connectivity index (χ3v) is 4.87. The first-order valence-electron chi connectivity index (χ1n) is 9.80. The van der Waals surface area contributed by atoms with Gasteiger partial charge >= 0.3 is 0 Å². The summed E-state index contributed by atoms with van der Waals surface area (Å²) < 4.78 is 21.4. The predicted octanol–water partition coefficient (Wildman–Crippen LogP) is 5.94. The first-order valence-corrected chi connectivity index (χ1v) is 9.80. The van der Waals surface area contributed by atoms with Gasteiger partial charge in [-0.15, -0.1) is 0 Å². The summed E-state index contributed by atoms with van der Waals surface area (Å²) in [4.78, 5) is 8.40. The average molecular weight is 391 g/mol. The van der Waals surface area contributed by atoms with Crippen molar-refractivity contribution < 1.29 is 9.13 Å². The van der Waals surface area contributed by atoms with Crippen molar-refractivity contribution in [2.24, 2.45) is 5.41 Å². The average Bonchev–Trinajstić information content (AvgIpc) is 2.97. The van der Waals surface area contributed by atoms with Gasteiger partial charge in [-0.1, -0.05) is 39.0 Å². The summed E-state index contributed by atoms with van der Waals surface area (Å²) in [6.45, 7) is 8.15. The van der Waals surface area contributed by atoms with Crippen molar-refractivity contribution in [3.05, 3.63) is 66.6 Å². The van der Waals surface area contributed by atoms with Gasteiger partial charge in [0.05, 0.1) is 18.0 Å². The van der Waals surface area contributed by atoms with Crippen molar-refractivity contribution in [2.45, 2.75) is 20.8 Å². The van der Waals surface area contributed by atoms with E-state index in [1.165, 1.54) is 0 Å². The third-order valence-electron chi connectivity index (χ3n) is 4.87. The number of hydrogen-bond donors (Lipinski definition) is 0. The van der Waals surface area contributed by atoms with Gasteiger partial charge in [0.25, 0.3) is 0 Å². The normalized spacial score (nSPS) is 13.6. The summed E-state index contributed by atoms with van der Waals surface area (Å²) in [5.74, 6) is 0.942. The number of benzene rings is 2. The lowest BCUT2D eigenvalue weighted by atomic mass is 9.96. The molecule has 0 fully saturated rings. The Hall–Kier alpha value is -3.08. The van der Waals surface area contributed by atoms with Crippen LogP contribution in [-0.4, -0.2) is 25.2 Å². The van der Waals surface area contributed by atoms with Gasteiger partial charge in [0, 0.05) is 31.4 Å². The third kappa shape index (κ3) is 4.04. The van der Waals surface area contributed by atoms with Crippen LogP contribution in [0.4, 0.5) is 15.8 Å². The predicted molar refractivity (Wildman–Crippen MR) is 116 cm³/mol. The van der Waals surface area contributed by atoms with Gasteiger partial charge in [0.2, 0.25) is 5.88 Å². The highest BCUT2D eigenvalue weighted by molar-refractivity contribution is 5.83. The quantitative estimate of drug-likeness (QED) is 0.550. The molecule has 0 atom stereocenters. The number of halogens is 1. The van der Waals surface area contributed by atoms with E-state index in [1.54, 1.807) is 12.3 Å². The van der Waals surface area contributed by atoms with Crippen LogP contribution in [0, 0.1) is 11.2 Å². The van der Waals surface area contributed by atoms with E-state index in [1.807, 2.05) is 60.5 Å². The summed E-state index contributed by atoms with van der Waals surface area (Å²) in [6, 6.07) is 16.9. The minimum Gasteiger partial charge on any atom is -0.439 e. The number of rotatable bonds is 4. The van der Waals surface area contributed by atoms with Crippen LogP contribution in [0.2, 0.25) is 0 Å². The van der Waals surface area contributed by atoms with Gasteiger partial charge < -0.3 is 14.5 Å². The minimum atomic E-state index is -0.198. The van der Waals surface area contributed by atoms with Crippen LogP contribution in [0.3, 0.4) is 0 Å².